The molecule has 0 spiro atoms. The zero-order valence-electron chi connectivity index (χ0n) is 8.47. The van der Waals surface area contributed by atoms with Crippen molar-refractivity contribution in [2.24, 2.45) is 11.0 Å². The molecular formula is C10H18N2O. The van der Waals surface area contributed by atoms with Crippen LogP contribution in [-0.4, -0.2) is 11.6 Å². The van der Waals surface area contributed by atoms with Gasteiger partial charge in [-0.1, -0.05) is 19.3 Å². The predicted octanol–water partition coefficient (Wildman–Crippen LogP) is 2.08. The largest absolute Gasteiger partial charge is 0.273 e. The summed E-state index contributed by atoms with van der Waals surface area (Å²) < 4.78 is 0. The first kappa shape index (κ1) is 10.2. The summed E-state index contributed by atoms with van der Waals surface area (Å²) in [5.41, 5.74) is 3.49. The molecule has 0 heterocycles. The van der Waals surface area contributed by atoms with E-state index in [0.29, 0.717) is 0 Å². The summed E-state index contributed by atoms with van der Waals surface area (Å²) in [4.78, 5) is 11.5. The smallest absolute Gasteiger partial charge is 0.243 e. The predicted molar refractivity (Wildman–Crippen MR) is 53.5 cm³/mol. The van der Waals surface area contributed by atoms with Gasteiger partial charge in [0, 0.05) is 11.6 Å². The van der Waals surface area contributed by atoms with Crippen LogP contribution in [0.2, 0.25) is 0 Å². The molecule has 1 saturated carbocycles. The van der Waals surface area contributed by atoms with E-state index in [1.54, 1.807) is 0 Å². The monoisotopic (exact) mass is 182 g/mol. The van der Waals surface area contributed by atoms with Gasteiger partial charge in [0.2, 0.25) is 5.91 Å². The Kier molecular flexibility index (Phi) is 3.93. The highest BCUT2D eigenvalue weighted by Crippen LogP contribution is 2.23. The van der Waals surface area contributed by atoms with Crippen LogP contribution in [0.25, 0.3) is 0 Å². The Morgan fingerprint density at radius 1 is 1.23 bits per heavy atom. The van der Waals surface area contributed by atoms with E-state index in [4.69, 9.17) is 0 Å². The third kappa shape index (κ3) is 3.57. The molecule has 1 amide bonds. The number of amides is 1. The number of nitrogens with one attached hydrogen (secondary N) is 1. The maximum absolute atomic E-state index is 11.5. The molecule has 3 heteroatoms. The van der Waals surface area contributed by atoms with E-state index in [1.807, 2.05) is 13.8 Å². The molecule has 0 bridgehead atoms. The molecule has 1 fully saturated rings. The van der Waals surface area contributed by atoms with Crippen molar-refractivity contribution in [3.05, 3.63) is 0 Å². The van der Waals surface area contributed by atoms with Gasteiger partial charge in [0.05, 0.1) is 0 Å². The average molecular weight is 182 g/mol. The summed E-state index contributed by atoms with van der Waals surface area (Å²) >= 11 is 0. The number of carbonyl (C=O) groups is 1. The van der Waals surface area contributed by atoms with Crippen LogP contribution in [0.5, 0.6) is 0 Å². The summed E-state index contributed by atoms with van der Waals surface area (Å²) in [6.45, 7) is 3.75. The Hall–Kier alpha value is -0.860. The van der Waals surface area contributed by atoms with Crippen LogP contribution in [0.4, 0.5) is 0 Å². The van der Waals surface area contributed by atoms with Crippen LogP contribution in [0.15, 0.2) is 5.10 Å². The van der Waals surface area contributed by atoms with Gasteiger partial charge in [0.15, 0.2) is 0 Å². The van der Waals surface area contributed by atoms with Crippen LogP contribution in [0.3, 0.4) is 0 Å². The van der Waals surface area contributed by atoms with Crippen molar-refractivity contribution in [2.75, 3.05) is 0 Å². The molecule has 0 aromatic heterocycles. The molecule has 0 aliphatic heterocycles. The van der Waals surface area contributed by atoms with Gasteiger partial charge >= 0.3 is 0 Å². The lowest BCUT2D eigenvalue weighted by molar-refractivity contribution is -0.125. The Morgan fingerprint density at radius 2 is 1.85 bits per heavy atom. The van der Waals surface area contributed by atoms with Crippen LogP contribution in [0, 0.1) is 5.92 Å². The molecule has 74 valence electrons. The number of hydrogen-bond donors (Lipinski definition) is 1. The van der Waals surface area contributed by atoms with E-state index < -0.39 is 0 Å². The lowest BCUT2D eigenvalue weighted by Crippen LogP contribution is -2.28. The Balaban J connectivity index is 2.33. The molecule has 1 rings (SSSR count). The van der Waals surface area contributed by atoms with Gasteiger partial charge < -0.3 is 0 Å². The maximum Gasteiger partial charge on any atom is 0.243 e. The first-order valence-corrected chi connectivity index (χ1v) is 5.01. The lowest BCUT2D eigenvalue weighted by atomic mass is 9.89. The molecule has 0 aromatic carbocycles. The highest BCUT2D eigenvalue weighted by molar-refractivity contribution is 5.83. The molecule has 3 nitrogen and oxygen atoms in total. The normalized spacial score (nSPS) is 18.0. The quantitative estimate of drug-likeness (QED) is 0.515. The minimum Gasteiger partial charge on any atom is -0.273 e. The standard InChI is InChI=1S/C10H18N2O/c1-8(2)11-12-10(13)9-6-4-3-5-7-9/h9H,3-7H2,1-2H3,(H,12,13). The van der Waals surface area contributed by atoms with Crippen LogP contribution in [0.1, 0.15) is 46.0 Å². The van der Waals surface area contributed by atoms with Crippen molar-refractivity contribution in [3.8, 4) is 0 Å². The second-order valence-electron chi connectivity index (χ2n) is 3.87. The summed E-state index contributed by atoms with van der Waals surface area (Å²) in [7, 11) is 0. The minimum atomic E-state index is 0.0981. The summed E-state index contributed by atoms with van der Waals surface area (Å²) in [5, 5.41) is 3.92. The van der Waals surface area contributed by atoms with Crippen molar-refractivity contribution < 1.29 is 4.79 Å². The Labute approximate surface area is 79.6 Å². The number of hydrazone groups is 1. The highest BCUT2D eigenvalue weighted by Gasteiger charge is 2.20. The first-order chi connectivity index (χ1) is 6.20. The number of carbonyl (C=O) groups excluding carboxylic acids is 1. The molecule has 1 aliphatic carbocycles. The van der Waals surface area contributed by atoms with Crippen molar-refractivity contribution in [2.45, 2.75) is 46.0 Å². The second-order valence-corrected chi connectivity index (χ2v) is 3.87. The second kappa shape index (κ2) is 5.00. The van der Waals surface area contributed by atoms with Crippen LogP contribution in [-0.2, 0) is 4.79 Å². The molecule has 1 aliphatic rings. The van der Waals surface area contributed by atoms with Gasteiger partial charge in [-0.2, -0.15) is 5.10 Å². The molecule has 0 atom stereocenters. The van der Waals surface area contributed by atoms with E-state index in [1.165, 1.54) is 19.3 Å². The van der Waals surface area contributed by atoms with Crippen LogP contribution < -0.4 is 5.43 Å². The third-order valence-corrected chi connectivity index (χ3v) is 2.37. The van der Waals surface area contributed by atoms with Gasteiger partial charge in [-0.05, 0) is 26.7 Å². The highest BCUT2D eigenvalue weighted by atomic mass is 16.2. The van der Waals surface area contributed by atoms with Crippen molar-refractivity contribution in [1.29, 1.82) is 0 Å². The zero-order valence-corrected chi connectivity index (χ0v) is 8.47. The van der Waals surface area contributed by atoms with Gasteiger partial charge in [0.25, 0.3) is 0 Å². The first-order valence-electron chi connectivity index (χ1n) is 5.01. The SMILES string of the molecule is CC(C)=NNC(=O)C1CCCCC1. The topological polar surface area (TPSA) is 41.5 Å². The van der Waals surface area contributed by atoms with Crippen molar-refractivity contribution in [3.63, 3.8) is 0 Å². The maximum atomic E-state index is 11.5. The van der Waals surface area contributed by atoms with Gasteiger partial charge in [-0.15, -0.1) is 0 Å². The summed E-state index contributed by atoms with van der Waals surface area (Å²) in [5.74, 6) is 0.303. The fraction of sp³-hybridized carbons (Fsp3) is 0.800. The number of hydrogen-bond acceptors (Lipinski definition) is 2. The fourth-order valence-corrected chi connectivity index (χ4v) is 1.62. The zero-order chi connectivity index (χ0) is 9.68. The fourth-order valence-electron chi connectivity index (χ4n) is 1.62. The molecular weight excluding hydrogens is 164 g/mol. The van der Waals surface area contributed by atoms with Crippen molar-refractivity contribution in [1.82, 2.24) is 5.43 Å². The number of rotatable bonds is 2. The van der Waals surface area contributed by atoms with E-state index in [0.717, 1.165) is 18.6 Å². The lowest BCUT2D eigenvalue weighted by Gasteiger charge is -2.19. The molecule has 1 N–H and O–H groups in total. The Morgan fingerprint density at radius 3 is 2.38 bits per heavy atom. The summed E-state index contributed by atoms with van der Waals surface area (Å²) in [6.07, 6.45) is 5.72. The number of nitrogens with zero attached hydrogens (tertiary/aromatic N) is 1. The van der Waals surface area contributed by atoms with E-state index >= 15 is 0 Å². The van der Waals surface area contributed by atoms with E-state index in [2.05, 4.69) is 10.5 Å². The average Bonchev–Trinajstić information content (AvgIpc) is 2.15. The van der Waals surface area contributed by atoms with Crippen LogP contribution >= 0.6 is 0 Å². The third-order valence-electron chi connectivity index (χ3n) is 2.37. The van der Waals surface area contributed by atoms with E-state index in [-0.39, 0.29) is 11.8 Å². The van der Waals surface area contributed by atoms with E-state index in [9.17, 15) is 4.79 Å². The van der Waals surface area contributed by atoms with Gasteiger partial charge in [-0.25, -0.2) is 5.43 Å². The van der Waals surface area contributed by atoms with Gasteiger partial charge in [-0.3, -0.25) is 4.79 Å². The molecule has 0 aromatic rings. The molecule has 0 radical (unpaired) electrons. The Bertz CT molecular complexity index is 201. The van der Waals surface area contributed by atoms with Crippen molar-refractivity contribution >= 4 is 11.6 Å². The molecule has 13 heavy (non-hydrogen) atoms. The van der Waals surface area contributed by atoms with Gasteiger partial charge in [0.1, 0.15) is 0 Å². The summed E-state index contributed by atoms with van der Waals surface area (Å²) in [6, 6.07) is 0. The minimum absolute atomic E-state index is 0.0981. The molecule has 0 saturated heterocycles. The molecule has 0 unspecified atom stereocenters.